The van der Waals surface area contributed by atoms with Crippen LogP contribution in [-0.2, 0) is 6.54 Å². The molecule has 2 bridgehead atoms. The molecule has 3 heterocycles. The molecule has 29 heavy (non-hydrogen) atoms. The maximum absolute atomic E-state index is 13.0. The van der Waals surface area contributed by atoms with Crippen molar-refractivity contribution < 1.29 is 9.53 Å². The van der Waals surface area contributed by atoms with Crippen molar-refractivity contribution in [2.45, 2.75) is 50.4 Å². The van der Waals surface area contributed by atoms with E-state index in [0.717, 1.165) is 37.0 Å². The van der Waals surface area contributed by atoms with Crippen LogP contribution in [0.5, 0.6) is 5.75 Å². The SMILES string of the molecule is O=C(NCc1cccc2ccccc12)N1C2CCC1CC(Oc1cccnc1)C2. The molecular formula is C24H25N3O2. The molecule has 0 aliphatic carbocycles. The molecule has 1 aromatic heterocycles. The number of hydrogen-bond donors (Lipinski definition) is 1. The van der Waals surface area contributed by atoms with Gasteiger partial charge < -0.3 is 15.0 Å². The van der Waals surface area contributed by atoms with Gasteiger partial charge in [0.2, 0.25) is 0 Å². The average molecular weight is 387 g/mol. The van der Waals surface area contributed by atoms with E-state index in [4.69, 9.17) is 4.74 Å². The number of pyridine rings is 1. The van der Waals surface area contributed by atoms with Crippen molar-refractivity contribution in [3.05, 3.63) is 72.6 Å². The monoisotopic (exact) mass is 387 g/mol. The zero-order valence-electron chi connectivity index (χ0n) is 16.3. The summed E-state index contributed by atoms with van der Waals surface area (Å²) in [4.78, 5) is 19.2. The summed E-state index contributed by atoms with van der Waals surface area (Å²) in [7, 11) is 0. The van der Waals surface area contributed by atoms with Crippen molar-refractivity contribution in [3.8, 4) is 5.75 Å². The smallest absolute Gasteiger partial charge is 0.318 e. The lowest BCUT2D eigenvalue weighted by atomic mass is 10.00. The summed E-state index contributed by atoms with van der Waals surface area (Å²) in [6.45, 7) is 0.547. The normalized spacial score (nSPS) is 23.2. The maximum Gasteiger partial charge on any atom is 0.318 e. The largest absolute Gasteiger partial charge is 0.489 e. The Morgan fingerprint density at radius 1 is 1.03 bits per heavy atom. The number of ether oxygens (including phenoxy) is 1. The number of urea groups is 1. The second-order valence-corrected chi connectivity index (χ2v) is 7.99. The molecular weight excluding hydrogens is 362 g/mol. The lowest BCUT2D eigenvalue weighted by molar-refractivity contribution is 0.0684. The van der Waals surface area contributed by atoms with Crippen molar-refractivity contribution in [3.63, 3.8) is 0 Å². The number of amides is 2. The Labute approximate surface area is 170 Å². The van der Waals surface area contributed by atoms with Gasteiger partial charge in [-0.3, -0.25) is 4.98 Å². The van der Waals surface area contributed by atoms with Gasteiger partial charge in [0.05, 0.1) is 6.20 Å². The Morgan fingerprint density at radius 2 is 1.83 bits per heavy atom. The van der Waals surface area contributed by atoms with Crippen LogP contribution in [0.2, 0.25) is 0 Å². The molecule has 0 saturated carbocycles. The number of nitrogens with zero attached hydrogens (tertiary/aromatic N) is 2. The van der Waals surface area contributed by atoms with E-state index < -0.39 is 0 Å². The highest BCUT2D eigenvalue weighted by atomic mass is 16.5. The molecule has 5 nitrogen and oxygen atoms in total. The minimum Gasteiger partial charge on any atom is -0.489 e. The van der Waals surface area contributed by atoms with E-state index in [-0.39, 0.29) is 24.2 Å². The number of piperidine rings is 1. The van der Waals surface area contributed by atoms with Gasteiger partial charge >= 0.3 is 6.03 Å². The van der Waals surface area contributed by atoms with Gasteiger partial charge in [-0.15, -0.1) is 0 Å². The van der Waals surface area contributed by atoms with Gasteiger partial charge in [0.1, 0.15) is 11.9 Å². The molecule has 2 atom stereocenters. The molecule has 3 aromatic rings. The fraction of sp³-hybridized carbons (Fsp3) is 0.333. The second-order valence-electron chi connectivity index (χ2n) is 7.99. The number of rotatable bonds is 4. The van der Waals surface area contributed by atoms with Gasteiger partial charge in [-0.05, 0) is 41.3 Å². The number of hydrogen-bond acceptors (Lipinski definition) is 3. The Balaban J connectivity index is 1.23. The Morgan fingerprint density at radius 3 is 2.62 bits per heavy atom. The minimum absolute atomic E-state index is 0.0465. The van der Waals surface area contributed by atoms with Crippen LogP contribution in [0.15, 0.2) is 67.0 Å². The van der Waals surface area contributed by atoms with Gasteiger partial charge in [0.25, 0.3) is 0 Å². The molecule has 5 heteroatoms. The number of fused-ring (bicyclic) bond motifs is 3. The summed E-state index contributed by atoms with van der Waals surface area (Å²) in [5.41, 5.74) is 1.15. The Kier molecular flexibility index (Phi) is 4.80. The molecule has 2 saturated heterocycles. The van der Waals surface area contributed by atoms with Crippen molar-refractivity contribution in [1.82, 2.24) is 15.2 Å². The number of benzene rings is 2. The summed E-state index contributed by atoms with van der Waals surface area (Å²) in [5, 5.41) is 5.56. The summed E-state index contributed by atoms with van der Waals surface area (Å²) >= 11 is 0. The fourth-order valence-electron chi connectivity index (χ4n) is 4.87. The quantitative estimate of drug-likeness (QED) is 0.716. The van der Waals surface area contributed by atoms with Crippen LogP contribution in [0.25, 0.3) is 10.8 Å². The number of aromatic nitrogens is 1. The van der Waals surface area contributed by atoms with Gasteiger partial charge in [-0.25, -0.2) is 4.79 Å². The topological polar surface area (TPSA) is 54.5 Å². The van der Waals surface area contributed by atoms with Crippen LogP contribution in [0.1, 0.15) is 31.2 Å². The van der Waals surface area contributed by atoms with E-state index in [9.17, 15) is 4.79 Å². The Hall–Kier alpha value is -3.08. The molecule has 2 fully saturated rings. The van der Waals surface area contributed by atoms with Crippen LogP contribution >= 0.6 is 0 Å². The molecule has 5 rings (SSSR count). The summed E-state index contributed by atoms with van der Waals surface area (Å²) in [5.74, 6) is 0.811. The van der Waals surface area contributed by atoms with E-state index in [1.165, 1.54) is 10.8 Å². The molecule has 2 amide bonds. The molecule has 2 aromatic carbocycles. The van der Waals surface area contributed by atoms with E-state index in [1.54, 1.807) is 12.4 Å². The highest BCUT2D eigenvalue weighted by Crippen LogP contribution is 2.37. The fourth-order valence-corrected chi connectivity index (χ4v) is 4.87. The number of carbonyl (C=O) groups is 1. The number of carbonyl (C=O) groups excluding carboxylic acids is 1. The Bertz CT molecular complexity index is 988. The molecule has 0 spiro atoms. The molecule has 1 N–H and O–H groups in total. The maximum atomic E-state index is 13.0. The first kappa shape index (κ1) is 18.0. The predicted molar refractivity (Wildman–Crippen MR) is 113 cm³/mol. The van der Waals surface area contributed by atoms with Gasteiger partial charge in [-0.2, -0.15) is 0 Å². The van der Waals surface area contributed by atoms with Crippen LogP contribution < -0.4 is 10.1 Å². The molecule has 2 unspecified atom stereocenters. The standard InChI is InChI=1S/C24H25N3O2/c28-24(26-15-18-7-3-6-17-5-1-2-9-23(17)18)27-19-10-11-20(27)14-22(13-19)29-21-8-4-12-25-16-21/h1-9,12,16,19-20,22H,10-11,13-15H2,(H,26,28). The third-order valence-electron chi connectivity index (χ3n) is 6.17. The van der Waals surface area contributed by atoms with E-state index in [2.05, 4.69) is 45.5 Å². The minimum atomic E-state index is 0.0465. The highest BCUT2D eigenvalue weighted by molar-refractivity contribution is 5.86. The van der Waals surface area contributed by atoms with Crippen molar-refractivity contribution in [2.75, 3.05) is 0 Å². The van der Waals surface area contributed by atoms with Crippen molar-refractivity contribution in [1.29, 1.82) is 0 Å². The van der Waals surface area contributed by atoms with E-state index >= 15 is 0 Å². The first-order chi connectivity index (χ1) is 14.3. The van der Waals surface area contributed by atoms with Crippen LogP contribution in [0.3, 0.4) is 0 Å². The first-order valence-corrected chi connectivity index (χ1v) is 10.4. The molecule has 0 radical (unpaired) electrons. The van der Waals surface area contributed by atoms with Gasteiger partial charge in [-0.1, -0.05) is 42.5 Å². The first-order valence-electron chi connectivity index (χ1n) is 10.4. The molecule has 148 valence electrons. The summed E-state index contributed by atoms with van der Waals surface area (Å²) in [6.07, 6.45) is 7.53. The van der Waals surface area contributed by atoms with Crippen LogP contribution in [0, 0.1) is 0 Å². The predicted octanol–water partition coefficient (Wildman–Crippen LogP) is 4.52. The molecule has 2 aliphatic rings. The van der Waals surface area contributed by atoms with Crippen LogP contribution in [-0.4, -0.2) is 34.1 Å². The third-order valence-corrected chi connectivity index (χ3v) is 6.17. The highest BCUT2D eigenvalue weighted by Gasteiger charge is 2.44. The zero-order valence-corrected chi connectivity index (χ0v) is 16.3. The van der Waals surface area contributed by atoms with Gasteiger partial charge in [0.15, 0.2) is 0 Å². The zero-order chi connectivity index (χ0) is 19.6. The van der Waals surface area contributed by atoms with E-state index in [1.807, 2.05) is 24.3 Å². The third kappa shape index (κ3) is 3.65. The summed E-state index contributed by atoms with van der Waals surface area (Å²) in [6, 6.07) is 18.9. The number of nitrogens with one attached hydrogen (secondary N) is 1. The summed E-state index contributed by atoms with van der Waals surface area (Å²) < 4.78 is 6.12. The van der Waals surface area contributed by atoms with Crippen molar-refractivity contribution in [2.24, 2.45) is 0 Å². The average Bonchev–Trinajstić information content (AvgIpc) is 3.03. The van der Waals surface area contributed by atoms with Gasteiger partial charge in [0, 0.05) is 37.7 Å². The molecule has 2 aliphatic heterocycles. The second kappa shape index (κ2) is 7.74. The van der Waals surface area contributed by atoms with Crippen LogP contribution in [0.4, 0.5) is 4.79 Å². The lowest BCUT2D eigenvalue weighted by Crippen LogP contribution is -2.52. The lowest BCUT2D eigenvalue weighted by Gasteiger charge is -2.38. The van der Waals surface area contributed by atoms with E-state index in [0.29, 0.717) is 6.54 Å². The van der Waals surface area contributed by atoms with Crippen molar-refractivity contribution >= 4 is 16.8 Å².